The molecule has 1 aromatic rings. The van der Waals surface area contributed by atoms with Gasteiger partial charge in [0.25, 0.3) is 0 Å². The van der Waals surface area contributed by atoms with Gasteiger partial charge in [0.15, 0.2) is 0 Å². The van der Waals surface area contributed by atoms with Crippen molar-refractivity contribution in [3.63, 3.8) is 0 Å². The van der Waals surface area contributed by atoms with Crippen molar-refractivity contribution in [2.75, 3.05) is 18.4 Å². The SMILES string of the molecule is BrCCC#Cc1cccc(CN2CCCC2)c1. The summed E-state index contributed by atoms with van der Waals surface area (Å²) >= 11 is 3.39. The molecule has 0 amide bonds. The van der Waals surface area contributed by atoms with Crippen LogP contribution < -0.4 is 0 Å². The molecular weight excluding hydrogens is 274 g/mol. The van der Waals surface area contributed by atoms with Crippen LogP contribution in [0.2, 0.25) is 0 Å². The quantitative estimate of drug-likeness (QED) is 0.609. The zero-order valence-electron chi connectivity index (χ0n) is 10.1. The smallest absolute Gasteiger partial charge is 0.0248 e. The third-order valence-corrected chi connectivity index (χ3v) is 3.38. The molecule has 1 heterocycles. The molecule has 0 aliphatic carbocycles. The maximum absolute atomic E-state index is 3.39. The number of benzene rings is 1. The lowest BCUT2D eigenvalue weighted by Gasteiger charge is -2.14. The summed E-state index contributed by atoms with van der Waals surface area (Å²) in [6, 6.07) is 8.63. The van der Waals surface area contributed by atoms with E-state index in [1.54, 1.807) is 0 Å². The van der Waals surface area contributed by atoms with Crippen molar-refractivity contribution in [3.05, 3.63) is 35.4 Å². The topological polar surface area (TPSA) is 3.24 Å². The summed E-state index contributed by atoms with van der Waals surface area (Å²) < 4.78 is 0. The van der Waals surface area contributed by atoms with Gasteiger partial charge in [-0.05, 0) is 43.6 Å². The molecule has 1 saturated heterocycles. The van der Waals surface area contributed by atoms with Crippen molar-refractivity contribution < 1.29 is 0 Å². The average molecular weight is 292 g/mol. The molecule has 0 radical (unpaired) electrons. The van der Waals surface area contributed by atoms with Gasteiger partial charge in [0.2, 0.25) is 0 Å². The summed E-state index contributed by atoms with van der Waals surface area (Å²) in [5.41, 5.74) is 2.53. The van der Waals surface area contributed by atoms with Gasteiger partial charge >= 0.3 is 0 Å². The van der Waals surface area contributed by atoms with Crippen LogP contribution in [0.15, 0.2) is 24.3 Å². The van der Waals surface area contributed by atoms with Crippen LogP contribution in [0.1, 0.15) is 30.4 Å². The molecule has 0 unspecified atom stereocenters. The Hall–Kier alpha value is -0.780. The number of nitrogens with zero attached hydrogens (tertiary/aromatic N) is 1. The van der Waals surface area contributed by atoms with Gasteiger partial charge in [-0.1, -0.05) is 39.9 Å². The van der Waals surface area contributed by atoms with E-state index in [4.69, 9.17) is 0 Å². The predicted molar refractivity (Wildman–Crippen MR) is 76.2 cm³/mol. The van der Waals surface area contributed by atoms with Crippen LogP contribution in [-0.2, 0) is 6.54 Å². The Bertz CT molecular complexity index is 410. The first-order valence-electron chi connectivity index (χ1n) is 6.24. The molecule has 0 bridgehead atoms. The maximum Gasteiger partial charge on any atom is 0.0248 e. The first-order chi connectivity index (χ1) is 8.38. The zero-order valence-corrected chi connectivity index (χ0v) is 11.7. The lowest BCUT2D eigenvalue weighted by Crippen LogP contribution is -2.18. The summed E-state index contributed by atoms with van der Waals surface area (Å²) in [4.78, 5) is 2.52. The van der Waals surface area contributed by atoms with Crippen LogP contribution in [-0.4, -0.2) is 23.3 Å². The molecule has 1 nitrogen and oxygen atoms in total. The monoisotopic (exact) mass is 291 g/mol. The normalized spacial score (nSPS) is 15.6. The third kappa shape index (κ3) is 4.18. The molecule has 1 fully saturated rings. The first-order valence-corrected chi connectivity index (χ1v) is 7.37. The fourth-order valence-electron chi connectivity index (χ4n) is 2.16. The molecule has 1 aliphatic heterocycles. The van der Waals surface area contributed by atoms with E-state index in [9.17, 15) is 0 Å². The van der Waals surface area contributed by atoms with Crippen molar-refractivity contribution >= 4 is 15.9 Å². The highest BCUT2D eigenvalue weighted by atomic mass is 79.9. The van der Waals surface area contributed by atoms with E-state index in [2.05, 4.69) is 56.9 Å². The van der Waals surface area contributed by atoms with E-state index >= 15 is 0 Å². The van der Waals surface area contributed by atoms with Crippen LogP contribution in [0.3, 0.4) is 0 Å². The van der Waals surface area contributed by atoms with Crippen LogP contribution in [0.5, 0.6) is 0 Å². The van der Waals surface area contributed by atoms with E-state index in [1.165, 1.54) is 31.5 Å². The maximum atomic E-state index is 3.39. The molecule has 2 heteroatoms. The van der Waals surface area contributed by atoms with Gasteiger partial charge in [-0.3, -0.25) is 4.90 Å². The average Bonchev–Trinajstić information content (AvgIpc) is 2.83. The predicted octanol–water partition coefficient (Wildman–Crippen LogP) is 3.42. The zero-order chi connectivity index (χ0) is 11.9. The van der Waals surface area contributed by atoms with Crippen molar-refractivity contribution in [1.29, 1.82) is 0 Å². The summed E-state index contributed by atoms with van der Waals surface area (Å²) in [5.74, 6) is 6.37. The molecule has 0 N–H and O–H groups in total. The molecular formula is C15H18BrN. The fraction of sp³-hybridized carbons (Fsp3) is 0.467. The lowest BCUT2D eigenvalue weighted by atomic mass is 10.1. The molecule has 1 aromatic carbocycles. The van der Waals surface area contributed by atoms with Crippen LogP contribution in [0.25, 0.3) is 0 Å². The second-order valence-electron chi connectivity index (χ2n) is 4.42. The Balaban J connectivity index is 1.98. The van der Waals surface area contributed by atoms with Crippen LogP contribution in [0.4, 0.5) is 0 Å². The number of hydrogen-bond donors (Lipinski definition) is 0. The Morgan fingerprint density at radius 3 is 2.82 bits per heavy atom. The van der Waals surface area contributed by atoms with Crippen LogP contribution >= 0.6 is 15.9 Å². The minimum Gasteiger partial charge on any atom is -0.299 e. The Kier molecular flexibility index (Phi) is 5.09. The van der Waals surface area contributed by atoms with E-state index in [1.807, 2.05) is 0 Å². The molecule has 1 aliphatic rings. The highest BCUT2D eigenvalue weighted by molar-refractivity contribution is 9.09. The molecule has 17 heavy (non-hydrogen) atoms. The molecule has 90 valence electrons. The van der Waals surface area contributed by atoms with Gasteiger partial charge in [0.1, 0.15) is 0 Å². The second kappa shape index (κ2) is 6.83. The van der Waals surface area contributed by atoms with Crippen molar-refractivity contribution in [2.24, 2.45) is 0 Å². The highest BCUT2D eigenvalue weighted by Gasteiger charge is 2.11. The highest BCUT2D eigenvalue weighted by Crippen LogP contribution is 2.13. The summed E-state index contributed by atoms with van der Waals surface area (Å²) in [6.45, 7) is 3.58. The van der Waals surface area contributed by atoms with Gasteiger partial charge in [-0.15, -0.1) is 0 Å². The number of rotatable bonds is 3. The summed E-state index contributed by atoms with van der Waals surface area (Å²) in [7, 11) is 0. The van der Waals surface area contributed by atoms with E-state index in [0.717, 1.165) is 23.9 Å². The standard InChI is InChI=1S/C15H18BrN/c16-9-2-1-6-14-7-5-8-15(12-14)13-17-10-3-4-11-17/h5,7-8,12H,2-4,9-11,13H2. The van der Waals surface area contributed by atoms with Gasteiger partial charge < -0.3 is 0 Å². The van der Waals surface area contributed by atoms with E-state index in [-0.39, 0.29) is 0 Å². The molecule has 0 saturated carbocycles. The van der Waals surface area contributed by atoms with Crippen molar-refractivity contribution in [1.82, 2.24) is 4.90 Å². The summed E-state index contributed by atoms with van der Waals surface area (Å²) in [6.07, 6.45) is 3.62. The molecule has 0 spiro atoms. The van der Waals surface area contributed by atoms with Crippen LogP contribution in [0, 0.1) is 11.8 Å². The second-order valence-corrected chi connectivity index (χ2v) is 5.22. The van der Waals surface area contributed by atoms with Crippen molar-refractivity contribution in [2.45, 2.75) is 25.8 Å². The van der Waals surface area contributed by atoms with Gasteiger partial charge in [-0.25, -0.2) is 0 Å². The molecule has 0 atom stereocenters. The Morgan fingerprint density at radius 1 is 1.24 bits per heavy atom. The molecule has 2 rings (SSSR count). The Morgan fingerprint density at radius 2 is 2.06 bits per heavy atom. The minimum atomic E-state index is 0.913. The van der Waals surface area contributed by atoms with Gasteiger partial charge in [0, 0.05) is 23.9 Å². The Labute approximate surface area is 112 Å². The van der Waals surface area contributed by atoms with Gasteiger partial charge in [0.05, 0.1) is 0 Å². The molecule has 0 aromatic heterocycles. The van der Waals surface area contributed by atoms with E-state index in [0.29, 0.717) is 0 Å². The largest absolute Gasteiger partial charge is 0.299 e. The van der Waals surface area contributed by atoms with Gasteiger partial charge in [-0.2, -0.15) is 0 Å². The van der Waals surface area contributed by atoms with Crippen molar-refractivity contribution in [3.8, 4) is 11.8 Å². The number of hydrogen-bond acceptors (Lipinski definition) is 1. The lowest BCUT2D eigenvalue weighted by molar-refractivity contribution is 0.331. The number of halogens is 1. The third-order valence-electron chi connectivity index (χ3n) is 2.98. The van der Waals surface area contributed by atoms with E-state index < -0.39 is 0 Å². The minimum absolute atomic E-state index is 0.913. The number of likely N-dealkylation sites (tertiary alicyclic amines) is 1. The fourth-order valence-corrected chi connectivity index (χ4v) is 2.36. The number of alkyl halides is 1. The summed E-state index contributed by atoms with van der Waals surface area (Å²) in [5, 5.41) is 0.952. The first kappa shape index (κ1) is 12.7.